The molecule has 0 radical (unpaired) electrons. The van der Waals surface area contributed by atoms with E-state index in [-0.39, 0.29) is 5.75 Å². The van der Waals surface area contributed by atoms with E-state index in [1.165, 1.54) is 12.1 Å². The highest BCUT2D eigenvalue weighted by molar-refractivity contribution is 7.98. The van der Waals surface area contributed by atoms with E-state index in [9.17, 15) is 8.78 Å². The highest BCUT2D eigenvalue weighted by Gasteiger charge is 2.10. The molecule has 2 aromatic carbocycles. The fraction of sp³-hybridized carbons (Fsp3) is 0.200. The van der Waals surface area contributed by atoms with E-state index in [1.807, 2.05) is 30.5 Å². The van der Waals surface area contributed by atoms with Gasteiger partial charge in [-0.05, 0) is 36.6 Å². The third kappa shape index (κ3) is 4.51. The van der Waals surface area contributed by atoms with E-state index in [2.05, 4.69) is 10.1 Å². The third-order valence-electron chi connectivity index (χ3n) is 2.81. The summed E-state index contributed by atoms with van der Waals surface area (Å²) in [5, 5.41) is 3.70. The van der Waals surface area contributed by atoms with Gasteiger partial charge >= 0.3 is 6.61 Å². The van der Waals surface area contributed by atoms with Crippen LogP contribution in [0.25, 0.3) is 0 Å². The lowest BCUT2D eigenvalue weighted by atomic mass is 10.2. The van der Waals surface area contributed by atoms with Crippen LogP contribution in [0.3, 0.4) is 0 Å². The van der Waals surface area contributed by atoms with Gasteiger partial charge in [0.2, 0.25) is 0 Å². The quantitative estimate of drug-likeness (QED) is 0.729. The Bertz CT molecular complexity index is 610. The first-order valence-corrected chi connectivity index (χ1v) is 7.80. The van der Waals surface area contributed by atoms with Gasteiger partial charge in [0.15, 0.2) is 0 Å². The van der Waals surface area contributed by atoms with Crippen LogP contribution < -0.4 is 10.1 Å². The van der Waals surface area contributed by atoms with Crippen LogP contribution in [0.2, 0.25) is 5.02 Å². The first-order valence-electron chi connectivity index (χ1n) is 6.20. The molecule has 112 valence electrons. The average molecular weight is 330 g/mol. The van der Waals surface area contributed by atoms with Gasteiger partial charge in [-0.15, -0.1) is 11.8 Å². The fourth-order valence-corrected chi connectivity index (χ4v) is 2.65. The molecule has 0 aliphatic carbocycles. The van der Waals surface area contributed by atoms with Crippen molar-refractivity contribution in [2.24, 2.45) is 0 Å². The van der Waals surface area contributed by atoms with Crippen LogP contribution in [0.15, 0.2) is 47.4 Å². The van der Waals surface area contributed by atoms with Crippen molar-refractivity contribution in [2.45, 2.75) is 18.1 Å². The summed E-state index contributed by atoms with van der Waals surface area (Å²) in [5.41, 5.74) is 1.52. The molecule has 0 bridgehead atoms. The van der Waals surface area contributed by atoms with E-state index in [4.69, 9.17) is 11.6 Å². The summed E-state index contributed by atoms with van der Waals surface area (Å²) < 4.78 is 29.3. The van der Waals surface area contributed by atoms with Gasteiger partial charge in [-0.1, -0.05) is 23.7 Å². The van der Waals surface area contributed by atoms with Crippen LogP contribution >= 0.6 is 23.4 Å². The molecule has 0 saturated heterocycles. The topological polar surface area (TPSA) is 21.3 Å². The van der Waals surface area contributed by atoms with E-state index in [0.29, 0.717) is 17.1 Å². The minimum atomic E-state index is -2.86. The zero-order valence-electron chi connectivity index (χ0n) is 11.3. The largest absolute Gasteiger partial charge is 0.434 e. The molecule has 0 fully saturated rings. The molecule has 21 heavy (non-hydrogen) atoms. The molecule has 2 rings (SSSR count). The molecule has 6 heteroatoms. The van der Waals surface area contributed by atoms with Gasteiger partial charge in [0.1, 0.15) is 5.75 Å². The molecular formula is C15H14ClF2NOS. The second-order valence-corrected chi connectivity index (χ2v) is 5.47. The molecule has 0 aromatic heterocycles. The normalized spacial score (nSPS) is 10.7. The number of nitrogens with one attached hydrogen (secondary N) is 1. The van der Waals surface area contributed by atoms with Crippen LogP contribution in [-0.4, -0.2) is 12.9 Å². The summed E-state index contributed by atoms with van der Waals surface area (Å²) in [5.74, 6) is 0.128. The maximum absolute atomic E-state index is 12.4. The fourth-order valence-electron chi connectivity index (χ4n) is 1.88. The number of alkyl halides is 2. The molecule has 0 spiro atoms. The summed E-state index contributed by atoms with van der Waals surface area (Å²) >= 11 is 7.53. The molecule has 0 heterocycles. The molecule has 2 nitrogen and oxygen atoms in total. The van der Waals surface area contributed by atoms with Crippen molar-refractivity contribution in [2.75, 3.05) is 11.6 Å². The van der Waals surface area contributed by atoms with Crippen LogP contribution in [0.5, 0.6) is 5.75 Å². The van der Waals surface area contributed by atoms with Gasteiger partial charge in [-0.3, -0.25) is 0 Å². The number of para-hydroxylation sites is 1. The lowest BCUT2D eigenvalue weighted by Crippen LogP contribution is -2.07. The number of ether oxygens (including phenoxy) is 1. The van der Waals surface area contributed by atoms with Gasteiger partial charge in [0.05, 0.1) is 0 Å². The van der Waals surface area contributed by atoms with Crippen molar-refractivity contribution in [3.63, 3.8) is 0 Å². The zero-order valence-corrected chi connectivity index (χ0v) is 12.8. The maximum atomic E-state index is 12.4. The zero-order chi connectivity index (χ0) is 15.2. The number of hydrogen-bond acceptors (Lipinski definition) is 3. The van der Waals surface area contributed by atoms with Crippen LogP contribution in [0, 0.1) is 0 Å². The Hall–Kier alpha value is -1.46. The Morgan fingerprint density at radius 1 is 1.24 bits per heavy atom. The monoisotopic (exact) mass is 329 g/mol. The van der Waals surface area contributed by atoms with Crippen molar-refractivity contribution in [1.82, 2.24) is 0 Å². The summed E-state index contributed by atoms with van der Waals surface area (Å²) in [6.07, 6.45) is 1.98. The maximum Gasteiger partial charge on any atom is 0.387 e. The second kappa shape index (κ2) is 7.52. The number of benzene rings is 2. The van der Waals surface area contributed by atoms with Crippen LogP contribution in [0.4, 0.5) is 14.5 Å². The van der Waals surface area contributed by atoms with Crippen molar-refractivity contribution >= 4 is 29.1 Å². The Kier molecular flexibility index (Phi) is 5.70. The standard InChI is InChI=1S/C15H14ClF2NOS/c1-21-14-5-3-2-4-12(14)19-9-10-8-11(16)6-7-13(10)20-15(17)18/h2-8,15,19H,9H2,1H3. The Balaban J connectivity index is 2.17. The lowest BCUT2D eigenvalue weighted by molar-refractivity contribution is -0.0504. The number of anilines is 1. The molecule has 0 unspecified atom stereocenters. The van der Waals surface area contributed by atoms with E-state index in [0.717, 1.165) is 10.6 Å². The number of hydrogen-bond donors (Lipinski definition) is 1. The minimum Gasteiger partial charge on any atom is -0.434 e. The average Bonchev–Trinajstić information content (AvgIpc) is 2.47. The lowest BCUT2D eigenvalue weighted by Gasteiger charge is -2.14. The Morgan fingerprint density at radius 2 is 2.00 bits per heavy atom. The highest BCUT2D eigenvalue weighted by Crippen LogP contribution is 2.28. The van der Waals surface area contributed by atoms with Gasteiger partial charge < -0.3 is 10.1 Å². The van der Waals surface area contributed by atoms with Gasteiger partial charge in [-0.2, -0.15) is 8.78 Å². The molecule has 0 aliphatic rings. The summed E-state index contributed by atoms with van der Waals surface area (Å²) in [7, 11) is 0. The summed E-state index contributed by atoms with van der Waals surface area (Å²) in [6, 6.07) is 12.4. The predicted molar refractivity (Wildman–Crippen MR) is 83.6 cm³/mol. The van der Waals surface area contributed by atoms with Crippen molar-refractivity contribution < 1.29 is 13.5 Å². The smallest absolute Gasteiger partial charge is 0.387 e. The third-order valence-corrected chi connectivity index (χ3v) is 3.85. The molecule has 0 aliphatic heterocycles. The van der Waals surface area contributed by atoms with Crippen LogP contribution in [0.1, 0.15) is 5.56 Å². The molecule has 1 N–H and O–H groups in total. The summed E-state index contributed by atoms with van der Waals surface area (Å²) in [4.78, 5) is 1.08. The van der Waals surface area contributed by atoms with E-state index < -0.39 is 6.61 Å². The molecular weight excluding hydrogens is 316 g/mol. The molecule has 0 atom stereocenters. The number of rotatable bonds is 6. The van der Waals surface area contributed by atoms with E-state index in [1.54, 1.807) is 17.8 Å². The Morgan fingerprint density at radius 3 is 2.71 bits per heavy atom. The first kappa shape index (κ1) is 15.9. The van der Waals surface area contributed by atoms with Crippen molar-refractivity contribution in [3.05, 3.63) is 53.1 Å². The molecule has 0 saturated carbocycles. The number of halogens is 3. The number of thioether (sulfide) groups is 1. The molecule has 0 amide bonds. The first-order chi connectivity index (χ1) is 10.1. The Labute approximate surface area is 131 Å². The summed E-state index contributed by atoms with van der Waals surface area (Å²) in [6.45, 7) is -2.51. The van der Waals surface area contributed by atoms with Crippen molar-refractivity contribution in [1.29, 1.82) is 0 Å². The highest BCUT2D eigenvalue weighted by atomic mass is 35.5. The minimum absolute atomic E-state index is 0.128. The SMILES string of the molecule is CSc1ccccc1NCc1cc(Cl)ccc1OC(F)F. The van der Waals surface area contributed by atoms with Crippen LogP contribution in [-0.2, 0) is 6.54 Å². The van der Waals surface area contributed by atoms with E-state index >= 15 is 0 Å². The predicted octanol–water partition coefficient (Wildman–Crippen LogP) is 5.28. The van der Waals surface area contributed by atoms with Gasteiger partial charge in [-0.25, -0.2) is 0 Å². The molecule has 2 aromatic rings. The second-order valence-electron chi connectivity index (χ2n) is 4.18. The van der Waals surface area contributed by atoms with Gasteiger partial charge in [0.25, 0.3) is 0 Å². The van der Waals surface area contributed by atoms with Gasteiger partial charge in [0, 0.05) is 27.7 Å². The van der Waals surface area contributed by atoms with Crippen molar-refractivity contribution in [3.8, 4) is 5.75 Å².